The molecule has 0 saturated heterocycles. The first kappa shape index (κ1) is 17.8. The summed E-state index contributed by atoms with van der Waals surface area (Å²) in [6.45, 7) is 3.70. The van der Waals surface area contributed by atoms with Gasteiger partial charge < -0.3 is 21.1 Å². The molecule has 1 saturated carbocycles. The summed E-state index contributed by atoms with van der Waals surface area (Å²) >= 11 is 0. The predicted molar refractivity (Wildman–Crippen MR) is 90.0 cm³/mol. The van der Waals surface area contributed by atoms with Crippen molar-refractivity contribution in [2.45, 2.75) is 45.2 Å². The van der Waals surface area contributed by atoms with Gasteiger partial charge in [-0.15, -0.1) is 0 Å². The summed E-state index contributed by atoms with van der Waals surface area (Å²) < 4.78 is 0. The van der Waals surface area contributed by atoms with E-state index < -0.39 is 11.9 Å². The van der Waals surface area contributed by atoms with Gasteiger partial charge in [0.05, 0.1) is 5.92 Å². The Labute approximate surface area is 140 Å². The van der Waals surface area contributed by atoms with Gasteiger partial charge in [0.15, 0.2) is 0 Å². The highest BCUT2D eigenvalue weighted by molar-refractivity contribution is 5.97. The van der Waals surface area contributed by atoms with Crippen molar-refractivity contribution in [2.75, 3.05) is 5.32 Å². The molecule has 3 amide bonds. The van der Waals surface area contributed by atoms with E-state index in [1.54, 1.807) is 24.3 Å². The Kier molecular flexibility index (Phi) is 5.78. The average molecular weight is 333 g/mol. The summed E-state index contributed by atoms with van der Waals surface area (Å²) in [7, 11) is 0. The molecule has 1 aromatic rings. The fourth-order valence-corrected chi connectivity index (χ4v) is 2.85. The Bertz CT molecular complexity index is 630. The van der Waals surface area contributed by atoms with Gasteiger partial charge in [-0.1, -0.05) is 12.5 Å². The van der Waals surface area contributed by atoms with E-state index in [1.165, 1.54) is 0 Å². The zero-order chi connectivity index (χ0) is 17.7. The van der Waals surface area contributed by atoms with Crippen molar-refractivity contribution in [1.29, 1.82) is 0 Å². The zero-order valence-electron chi connectivity index (χ0n) is 13.8. The molecule has 2 rings (SSSR count). The van der Waals surface area contributed by atoms with Gasteiger partial charge in [0.25, 0.3) is 5.91 Å². The molecule has 0 radical (unpaired) electrons. The van der Waals surface area contributed by atoms with E-state index in [4.69, 9.17) is 0 Å². The highest BCUT2D eigenvalue weighted by Gasteiger charge is 2.34. The van der Waals surface area contributed by atoms with Crippen LogP contribution in [0.25, 0.3) is 0 Å². The second-order valence-corrected chi connectivity index (χ2v) is 6.29. The average Bonchev–Trinajstić information content (AvgIpc) is 2.94. The van der Waals surface area contributed by atoms with Gasteiger partial charge in [0, 0.05) is 23.3 Å². The number of aliphatic carboxylic acids is 1. The number of benzene rings is 1. The lowest BCUT2D eigenvalue weighted by atomic mass is 10.0. The van der Waals surface area contributed by atoms with Crippen molar-refractivity contribution in [2.24, 2.45) is 5.92 Å². The molecule has 1 aliphatic carbocycles. The first-order chi connectivity index (χ1) is 11.4. The fourth-order valence-electron chi connectivity index (χ4n) is 2.85. The number of urea groups is 1. The summed E-state index contributed by atoms with van der Waals surface area (Å²) in [5, 5.41) is 17.3. The quantitative estimate of drug-likeness (QED) is 0.662. The molecule has 24 heavy (non-hydrogen) atoms. The maximum Gasteiger partial charge on any atom is 0.319 e. The van der Waals surface area contributed by atoms with Gasteiger partial charge in [-0.2, -0.15) is 0 Å². The molecule has 0 aliphatic heterocycles. The van der Waals surface area contributed by atoms with Crippen LogP contribution in [0.2, 0.25) is 0 Å². The molecule has 130 valence electrons. The molecule has 1 fully saturated rings. The van der Waals surface area contributed by atoms with E-state index in [0.717, 1.165) is 6.42 Å². The molecule has 0 aromatic heterocycles. The maximum atomic E-state index is 12.4. The molecule has 0 unspecified atom stereocenters. The lowest BCUT2D eigenvalue weighted by Gasteiger charge is -2.18. The van der Waals surface area contributed by atoms with E-state index >= 15 is 0 Å². The zero-order valence-corrected chi connectivity index (χ0v) is 13.8. The van der Waals surface area contributed by atoms with Crippen LogP contribution in [0.5, 0.6) is 0 Å². The smallest absolute Gasteiger partial charge is 0.319 e. The van der Waals surface area contributed by atoms with Gasteiger partial charge in [-0.05, 0) is 44.9 Å². The van der Waals surface area contributed by atoms with Crippen LogP contribution in [0.1, 0.15) is 43.5 Å². The van der Waals surface area contributed by atoms with Gasteiger partial charge in [-0.3, -0.25) is 9.59 Å². The molecule has 7 nitrogen and oxygen atoms in total. The minimum Gasteiger partial charge on any atom is -0.481 e. The molecule has 4 N–H and O–H groups in total. The third-order valence-corrected chi connectivity index (χ3v) is 3.95. The van der Waals surface area contributed by atoms with Crippen LogP contribution in [0.3, 0.4) is 0 Å². The van der Waals surface area contributed by atoms with Crippen LogP contribution in [-0.2, 0) is 4.79 Å². The minimum absolute atomic E-state index is 0.00630. The van der Waals surface area contributed by atoms with E-state index in [9.17, 15) is 19.5 Å². The molecule has 1 aliphatic rings. The lowest BCUT2D eigenvalue weighted by molar-refractivity contribution is -0.142. The maximum absolute atomic E-state index is 12.4. The van der Waals surface area contributed by atoms with Crippen LogP contribution in [-0.4, -0.2) is 35.1 Å². The third kappa shape index (κ3) is 4.71. The number of hydrogen-bond donors (Lipinski definition) is 4. The number of carboxylic acids is 1. The number of carbonyl (C=O) groups is 3. The van der Waals surface area contributed by atoms with Crippen LogP contribution in [0.4, 0.5) is 10.5 Å². The Morgan fingerprint density at radius 2 is 1.96 bits per heavy atom. The number of amides is 3. The van der Waals surface area contributed by atoms with Crippen molar-refractivity contribution in [3.8, 4) is 0 Å². The Morgan fingerprint density at radius 3 is 2.62 bits per heavy atom. The highest BCUT2D eigenvalue weighted by atomic mass is 16.4. The molecule has 7 heteroatoms. The second-order valence-electron chi connectivity index (χ2n) is 6.29. The molecule has 1 aromatic carbocycles. The third-order valence-electron chi connectivity index (χ3n) is 3.95. The molecule has 0 heterocycles. The summed E-state index contributed by atoms with van der Waals surface area (Å²) in [5.74, 6) is -1.74. The van der Waals surface area contributed by atoms with E-state index in [1.807, 2.05) is 13.8 Å². The summed E-state index contributed by atoms with van der Waals surface area (Å²) in [4.78, 5) is 35.3. The van der Waals surface area contributed by atoms with Gasteiger partial charge in [0.1, 0.15) is 0 Å². The number of carboxylic acid groups (broad SMARTS) is 1. The summed E-state index contributed by atoms with van der Waals surface area (Å²) in [6, 6.07) is 5.87. The molecular formula is C17H23N3O4. The predicted octanol–water partition coefficient (Wildman–Crippen LogP) is 2.20. The standard InChI is InChI=1S/C17H23N3O4/c1-10(2)18-17(24)19-12-6-3-5-11(9-12)15(21)20-14-8-4-7-13(14)16(22)23/h3,5-6,9-10,13-14H,4,7-8H2,1-2H3,(H,20,21)(H,22,23)(H2,18,19,24)/t13-,14+/m0/s1. The number of rotatable bonds is 5. The van der Waals surface area contributed by atoms with Crippen LogP contribution in [0, 0.1) is 5.92 Å². The molecule has 2 atom stereocenters. The number of carbonyl (C=O) groups excluding carboxylic acids is 2. The Balaban J connectivity index is 2.01. The minimum atomic E-state index is -0.876. The van der Waals surface area contributed by atoms with Crippen molar-refractivity contribution < 1.29 is 19.5 Å². The van der Waals surface area contributed by atoms with E-state index in [-0.39, 0.29) is 24.0 Å². The van der Waals surface area contributed by atoms with Crippen LogP contribution >= 0.6 is 0 Å². The first-order valence-electron chi connectivity index (χ1n) is 8.08. The van der Waals surface area contributed by atoms with Crippen molar-refractivity contribution in [1.82, 2.24) is 10.6 Å². The largest absolute Gasteiger partial charge is 0.481 e. The monoisotopic (exact) mass is 333 g/mol. The normalized spacial score (nSPS) is 19.8. The SMILES string of the molecule is CC(C)NC(=O)Nc1cccc(C(=O)N[C@@H]2CCC[C@@H]2C(=O)O)c1. The Hall–Kier alpha value is -2.57. The number of nitrogens with one attached hydrogen (secondary N) is 3. The summed E-state index contributed by atoms with van der Waals surface area (Å²) in [5.41, 5.74) is 0.885. The first-order valence-corrected chi connectivity index (χ1v) is 8.08. The van der Waals surface area contributed by atoms with Gasteiger partial charge in [0.2, 0.25) is 0 Å². The lowest BCUT2D eigenvalue weighted by Crippen LogP contribution is -2.40. The van der Waals surface area contributed by atoms with Crippen molar-refractivity contribution >= 4 is 23.6 Å². The topological polar surface area (TPSA) is 108 Å². The molecule has 0 bridgehead atoms. The van der Waals surface area contributed by atoms with Gasteiger partial charge >= 0.3 is 12.0 Å². The van der Waals surface area contributed by atoms with Crippen molar-refractivity contribution in [3.63, 3.8) is 0 Å². The van der Waals surface area contributed by atoms with Crippen LogP contribution < -0.4 is 16.0 Å². The van der Waals surface area contributed by atoms with Crippen LogP contribution in [0.15, 0.2) is 24.3 Å². The van der Waals surface area contributed by atoms with Crippen molar-refractivity contribution in [3.05, 3.63) is 29.8 Å². The molecule has 0 spiro atoms. The second kappa shape index (κ2) is 7.81. The van der Waals surface area contributed by atoms with E-state index in [2.05, 4.69) is 16.0 Å². The number of anilines is 1. The summed E-state index contributed by atoms with van der Waals surface area (Å²) in [6.07, 6.45) is 2.04. The van der Waals surface area contributed by atoms with Gasteiger partial charge in [-0.25, -0.2) is 4.79 Å². The fraction of sp³-hybridized carbons (Fsp3) is 0.471. The Morgan fingerprint density at radius 1 is 1.21 bits per heavy atom. The number of hydrogen-bond acceptors (Lipinski definition) is 3. The molecular weight excluding hydrogens is 310 g/mol. The van der Waals surface area contributed by atoms with E-state index in [0.29, 0.717) is 24.1 Å². The highest BCUT2D eigenvalue weighted by Crippen LogP contribution is 2.26.